The van der Waals surface area contributed by atoms with E-state index >= 15 is 0 Å². The number of nitrogens with two attached hydrogens (primary N) is 1. The second-order valence-electron chi connectivity index (χ2n) is 6.23. The summed E-state index contributed by atoms with van der Waals surface area (Å²) in [5, 5.41) is 0. The zero-order valence-electron chi connectivity index (χ0n) is 12.6. The van der Waals surface area contributed by atoms with Gasteiger partial charge in [0.25, 0.3) is 0 Å². The van der Waals surface area contributed by atoms with E-state index in [1.165, 1.54) is 12.8 Å². The molecule has 0 aliphatic carbocycles. The Morgan fingerprint density at radius 2 is 1.79 bits per heavy atom. The molecular weight excluding hydrogens is 236 g/mol. The molecule has 1 aliphatic heterocycles. The molecule has 0 atom stereocenters. The molecule has 0 aromatic carbocycles. The summed E-state index contributed by atoms with van der Waals surface area (Å²) in [7, 11) is 0. The molecule has 1 aromatic rings. The summed E-state index contributed by atoms with van der Waals surface area (Å²) < 4.78 is 0. The molecule has 2 N–H and O–H groups in total. The van der Waals surface area contributed by atoms with Crippen LogP contribution in [-0.4, -0.2) is 23.1 Å². The number of rotatable bonds is 3. The molecule has 1 aliphatic rings. The van der Waals surface area contributed by atoms with Crippen molar-refractivity contribution in [2.24, 2.45) is 11.8 Å². The Labute approximate surface area is 116 Å². The summed E-state index contributed by atoms with van der Waals surface area (Å²) in [6, 6.07) is 1.90. The van der Waals surface area contributed by atoms with Crippen LogP contribution in [-0.2, 0) is 0 Å². The lowest BCUT2D eigenvalue weighted by Gasteiger charge is -2.34. The lowest BCUT2D eigenvalue weighted by Crippen LogP contribution is -2.36. The van der Waals surface area contributed by atoms with Crippen LogP contribution in [0.25, 0.3) is 0 Å². The fourth-order valence-corrected chi connectivity index (χ4v) is 2.69. The van der Waals surface area contributed by atoms with Gasteiger partial charge in [-0.2, -0.15) is 0 Å². The topological polar surface area (TPSA) is 55.0 Å². The highest BCUT2D eigenvalue weighted by atomic mass is 15.2. The van der Waals surface area contributed by atoms with Crippen molar-refractivity contribution in [1.82, 2.24) is 9.97 Å². The van der Waals surface area contributed by atoms with Gasteiger partial charge in [0.05, 0.1) is 0 Å². The number of anilines is 2. The van der Waals surface area contributed by atoms with Gasteiger partial charge in [-0.1, -0.05) is 27.7 Å². The SMILES string of the molecule is CC(C)c1nc(N)cc(N2CCC(C(C)C)CC2)n1. The summed E-state index contributed by atoms with van der Waals surface area (Å²) in [5.74, 6) is 4.37. The first-order valence-electron chi connectivity index (χ1n) is 7.36. The van der Waals surface area contributed by atoms with Gasteiger partial charge in [-0.05, 0) is 24.7 Å². The number of nitrogens with zero attached hydrogens (tertiary/aromatic N) is 3. The van der Waals surface area contributed by atoms with Gasteiger partial charge in [0.1, 0.15) is 17.5 Å². The van der Waals surface area contributed by atoms with Crippen molar-refractivity contribution >= 4 is 11.6 Å². The molecule has 19 heavy (non-hydrogen) atoms. The Morgan fingerprint density at radius 1 is 1.16 bits per heavy atom. The quantitative estimate of drug-likeness (QED) is 0.909. The van der Waals surface area contributed by atoms with Gasteiger partial charge in [-0.25, -0.2) is 9.97 Å². The average molecular weight is 262 g/mol. The van der Waals surface area contributed by atoms with Crippen molar-refractivity contribution < 1.29 is 0 Å². The maximum atomic E-state index is 5.90. The molecule has 0 unspecified atom stereocenters. The Morgan fingerprint density at radius 3 is 2.32 bits per heavy atom. The minimum Gasteiger partial charge on any atom is -0.384 e. The van der Waals surface area contributed by atoms with Crippen LogP contribution in [0.5, 0.6) is 0 Å². The molecule has 2 heterocycles. The van der Waals surface area contributed by atoms with Crippen molar-refractivity contribution in [3.8, 4) is 0 Å². The molecule has 4 heteroatoms. The van der Waals surface area contributed by atoms with Crippen LogP contribution in [0.3, 0.4) is 0 Å². The molecule has 0 saturated carbocycles. The standard InChI is InChI=1S/C15H26N4/c1-10(2)12-5-7-19(8-6-12)14-9-13(16)17-15(18-14)11(3)4/h9-12H,5-8H2,1-4H3,(H2,16,17,18). The zero-order chi connectivity index (χ0) is 14.0. The Bertz CT molecular complexity index is 420. The van der Waals surface area contributed by atoms with E-state index in [0.717, 1.165) is 36.6 Å². The summed E-state index contributed by atoms with van der Waals surface area (Å²) in [6.07, 6.45) is 2.50. The smallest absolute Gasteiger partial charge is 0.135 e. The van der Waals surface area contributed by atoms with Crippen LogP contribution < -0.4 is 10.6 Å². The lowest BCUT2D eigenvalue weighted by molar-refractivity contribution is 0.310. The third-order valence-electron chi connectivity index (χ3n) is 4.07. The predicted molar refractivity (Wildman–Crippen MR) is 80.3 cm³/mol. The van der Waals surface area contributed by atoms with Crippen molar-refractivity contribution in [2.75, 3.05) is 23.7 Å². The summed E-state index contributed by atoms with van der Waals surface area (Å²) in [4.78, 5) is 11.3. The third-order valence-corrected chi connectivity index (χ3v) is 4.07. The molecule has 1 fully saturated rings. The van der Waals surface area contributed by atoms with E-state index in [2.05, 4.69) is 42.6 Å². The lowest BCUT2D eigenvalue weighted by atomic mass is 9.87. The number of piperidine rings is 1. The number of hydrogen-bond acceptors (Lipinski definition) is 4. The highest BCUT2D eigenvalue weighted by Crippen LogP contribution is 2.28. The minimum absolute atomic E-state index is 0.315. The first kappa shape index (κ1) is 14.1. The number of aromatic nitrogens is 2. The molecular formula is C15H26N4. The van der Waals surface area contributed by atoms with E-state index in [9.17, 15) is 0 Å². The van der Waals surface area contributed by atoms with Crippen molar-refractivity contribution in [1.29, 1.82) is 0 Å². The molecule has 4 nitrogen and oxygen atoms in total. The van der Waals surface area contributed by atoms with Gasteiger partial charge in [-0.3, -0.25) is 0 Å². The Balaban J connectivity index is 2.11. The van der Waals surface area contributed by atoms with E-state index < -0.39 is 0 Å². The van der Waals surface area contributed by atoms with Crippen LogP contribution in [0, 0.1) is 11.8 Å². The molecule has 1 saturated heterocycles. The van der Waals surface area contributed by atoms with Crippen molar-refractivity contribution in [3.63, 3.8) is 0 Å². The second-order valence-corrected chi connectivity index (χ2v) is 6.23. The molecule has 1 aromatic heterocycles. The van der Waals surface area contributed by atoms with E-state index in [1.54, 1.807) is 0 Å². The van der Waals surface area contributed by atoms with Crippen LogP contribution in [0.15, 0.2) is 6.07 Å². The largest absolute Gasteiger partial charge is 0.384 e. The van der Waals surface area contributed by atoms with Gasteiger partial charge >= 0.3 is 0 Å². The molecule has 0 bridgehead atoms. The fraction of sp³-hybridized carbons (Fsp3) is 0.733. The highest BCUT2D eigenvalue weighted by Gasteiger charge is 2.23. The number of hydrogen-bond donors (Lipinski definition) is 1. The summed E-state index contributed by atoms with van der Waals surface area (Å²) in [6.45, 7) is 11.0. The predicted octanol–water partition coefficient (Wildman–Crippen LogP) is 3.05. The van der Waals surface area contributed by atoms with Gasteiger partial charge in [0, 0.05) is 25.1 Å². The maximum Gasteiger partial charge on any atom is 0.135 e. The zero-order valence-corrected chi connectivity index (χ0v) is 12.6. The minimum atomic E-state index is 0.315. The maximum absolute atomic E-state index is 5.90. The second kappa shape index (κ2) is 5.76. The molecule has 106 valence electrons. The van der Waals surface area contributed by atoms with E-state index in [4.69, 9.17) is 5.73 Å². The first-order chi connectivity index (χ1) is 8.97. The van der Waals surface area contributed by atoms with Gasteiger partial charge in [-0.15, -0.1) is 0 Å². The van der Waals surface area contributed by atoms with Gasteiger partial charge in [0.15, 0.2) is 0 Å². The first-order valence-corrected chi connectivity index (χ1v) is 7.36. The normalized spacial score (nSPS) is 17.5. The van der Waals surface area contributed by atoms with E-state index in [0.29, 0.717) is 11.7 Å². The van der Waals surface area contributed by atoms with Gasteiger partial charge in [0.2, 0.25) is 0 Å². The van der Waals surface area contributed by atoms with Crippen LogP contribution in [0.1, 0.15) is 52.3 Å². The van der Waals surface area contributed by atoms with E-state index in [-0.39, 0.29) is 0 Å². The molecule has 0 amide bonds. The monoisotopic (exact) mass is 262 g/mol. The average Bonchev–Trinajstić information content (AvgIpc) is 2.38. The summed E-state index contributed by atoms with van der Waals surface area (Å²) >= 11 is 0. The molecule has 0 spiro atoms. The molecule has 0 radical (unpaired) electrons. The van der Waals surface area contributed by atoms with Crippen LogP contribution in [0.2, 0.25) is 0 Å². The van der Waals surface area contributed by atoms with Crippen molar-refractivity contribution in [3.05, 3.63) is 11.9 Å². The fourth-order valence-electron chi connectivity index (χ4n) is 2.69. The Hall–Kier alpha value is -1.32. The van der Waals surface area contributed by atoms with Crippen LogP contribution in [0.4, 0.5) is 11.6 Å². The number of nitrogen functional groups attached to an aromatic ring is 1. The Kier molecular flexibility index (Phi) is 4.27. The third kappa shape index (κ3) is 3.37. The summed E-state index contributed by atoms with van der Waals surface area (Å²) in [5.41, 5.74) is 5.90. The van der Waals surface area contributed by atoms with Crippen molar-refractivity contribution in [2.45, 2.75) is 46.5 Å². The van der Waals surface area contributed by atoms with Gasteiger partial charge < -0.3 is 10.6 Å². The van der Waals surface area contributed by atoms with E-state index in [1.807, 2.05) is 6.07 Å². The molecule has 2 rings (SSSR count). The highest BCUT2D eigenvalue weighted by molar-refractivity contribution is 5.47. The van der Waals surface area contributed by atoms with Crippen LogP contribution >= 0.6 is 0 Å².